The Morgan fingerprint density at radius 3 is 2.64 bits per heavy atom. The lowest BCUT2D eigenvalue weighted by Crippen LogP contribution is -2.41. The summed E-state index contributed by atoms with van der Waals surface area (Å²) in [4.78, 5) is 25.8. The van der Waals surface area contributed by atoms with Gasteiger partial charge < -0.3 is 14.8 Å². The van der Waals surface area contributed by atoms with Crippen LogP contribution in [0.5, 0.6) is 11.5 Å². The lowest BCUT2D eigenvalue weighted by Gasteiger charge is -2.28. The number of hydrogen-bond donors (Lipinski definition) is 1. The molecule has 0 saturated heterocycles. The lowest BCUT2D eigenvalue weighted by molar-refractivity contribution is -0.119. The van der Waals surface area contributed by atoms with Crippen LogP contribution in [-0.2, 0) is 9.59 Å². The van der Waals surface area contributed by atoms with Crippen molar-refractivity contribution in [3.05, 3.63) is 54.1 Å². The van der Waals surface area contributed by atoms with Crippen LogP contribution in [0.15, 0.2) is 48.5 Å². The van der Waals surface area contributed by atoms with Gasteiger partial charge in [-0.1, -0.05) is 18.2 Å². The fourth-order valence-electron chi connectivity index (χ4n) is 2.64. The number of benzene rings is 2. The van der Waals surface area contributed by atoms with Gasteiger partial charge in [0, 0.05) is 6.08 Å². The first-order valence-electron chi connectivity index (χ1n) is 7.73. The fraction of sp³-hybridized carbons (Fsp3) is 0.158. The Hall–Kier alpha value is -3.28. The van der Waals surface area contributed by atoms with Gasteiger partial charge in [0.1, 0.15) is 6.54 Å². The van der Waals surface area contributed by atoms with Crippen molar-refractivity contribution in [2.24, 2.45) is 0 Å². The number of carbonyl (C=O) groups is 2. The molecule has 25 heavy (non-hydrogen) atoms. The Kier molecular flexibility index (Phi) is 4.70. The van der Waals surface area contributed by atoms with Crippen molar-refractivity contribution >= 4 is 29.3 Å². The summed E-state index contributed by atoms with van der Waals surface area (Å²) in [7, 11) is 3.12. The molecule has 6 nitrogen and oxygen atoms in total. The first-order chi connectivity index (χ1) is 12.1. The van der Waals surface area contributed by atoms with Crippen LogP contribution in [0.25, 0.3) is 6.08 Å². The van der Waals surface area contributed by atoms with E-state index in [9.17, 15) is 9.59 Å². The van der Waals surface area contributed by atoms with Gasteiger partial charge >= 0.3 is 0 Å². The second-order valence-corrected chi connectivity index (χ2v) is 5.44. The zero-order valence-corrected chi connectivity index (χ0v) is 14.0. The van der Waals surface area contributed by atoms with E-state index in [0.29, 0.717) is 22.9 Å². The van der Waals surface area contributed by atoms with Crippen LogP contribution in [0.4, 0.5) is 11.4 Å². The summed E-state index contributed by atoms with van der Waals surface area (Å²) in [6, 6.07) is 12.6. The van der Waals surface area contributed by atoms with Crippen LogP contribution in [-0.4, -0.2) is 32.6 Å². The summed E-state index contributed by atoms with van der Waals surface area (Å²) in [5, 5.41) is 2.76. The molecule has 0 spiro atoms. The number of ether oxygens (including phenoxy) is 2. The van der Waals surface area contributed by atoms with Gasteiger partial charge in [-0.15, -0.1) is 0 Å². The molecule has 0 atom stereocenters. The molecule has 1 aliphatic heterocycles. The maximum atomic E-state index is 12.6. The zero-order valence-electron chi connectivity index (χ0n) is 14.0. The van der Waals surface area contributed by atoms with Crippen LogP contribution >= 0.6 is 0 Å². The molecule has 1 heterocycles. The summed E-state index contributed by atoms with van der Waals surface area (Å²) in [5.41, 5.74) is 2.11. The maximum Gasteiger partial charge on any atom is 0.251 e. The van der Waals surface area contributed by atoms with Gasteiger partial charge in [0.2, 0.25) is 5.91 Å². The second-order valence-electron chi connectivity index (χ2n) is 5.44. The predicted octanol–water partition coefficient (Wildman–Crippen LogP) is 2.70. The number of nitrogens with zero attached hydrogens (tertiary/aromatic N) is 1. The van der Waals surface area contributed by atoms with E-state index in [1.165, 1.54) is 11.0 Å². The number of methoxy groups -OCH3 is 2. The molecule has 0 saturated carbocycles. The minimum absolute atomic E-state index is 0.00782. The molecule has 128 valence electrons. The molecule has 0 bridgehead atoms. The third-order valence-corrected chi connectivity index (χ3v) is 3.86. The van der Waals surface area contributed by atoms with Crippen LogP contribution < -0.4 is 19.7 Å². The van der Waals surface area contributed by atoms with Gasteiger partial charge in [0.25, 0.3) is 5.91 Å². The Bertz CT molecular complexity index is 845. The number of hydrogen-bond acceptors (Lipinski definition) is 4. The summed E-state index contributed by atoms with van der Waals surface area (Å²) >= 11 is 0. The van der Waals surface area contributed by atoms with Gasteiger partial charge in [0.05, 0.1) is 25.6 Å². The Balaban J connectivity index is 1.83. The van der Waals surface area contributed by atoms with Gasteiger partial charge in [-0.05, 0) is 35.9 Å². The van der Waals surface area contributed by atoms with Crippen molar-refractivity contribution in [2.75, 3.05) is 31.0 Å². The normalized spacial score (nSPS) is 13.4. The highest BCUT2D eigenvalue weighted by Crippen LogP contribution is 2.30. The van der Waals surface area contributed by atoms with Gasteiger partial charge in [-0.25, -0.2) is 0 Å². The number of nitrogens with one attached hydrogen (secondary N) is 1. The molecule has 0 aliphatic carbocycles. The van der Waals surface area contributed by atoms with Gasteiger partial charge in [0.15, 0.2) is 11.5 Å². The van der Waals surface area contributed by atoms with E-state index in [-0.39, 0.29) is 18.4 Å². The second kappa shape index (κ2) is 7.09. The van der Waals surface area contributed by atoms with E-state index in [1.807, 2.05) is 18.2 Å². The summed E-state index contributed by atoms with van der Waals surface area (Å²) < 4.78 is 10.4. The number of amides is 2. The first kappa shape index (κ1) is 16.6. The van der Waals surface area contributed by atoms with E-state index in [1.54, 1.807) is 44.6 Å². The average molecular weight is 338 g/mol. The van der Waals surface area contributed by atoms with Crippen molar-refractivity contribution in [3.8, 4) is 11.5 Å². The molecule has 1 N–H and O–H groups in total. The standard InChI is InChI=1S/C19H18N2O4/c1-24-16-9-7-13(11-17(16)25-2)8-10-19(23)21-12-18(22)20-14-5-3-4-6-15(14)21/h3-11H,12H2,1-2H3,(H,20,22). The maximum absolute atomic E-state index is 12.6. The van der Waals surface area contributed by atoms with E-state index in [2.05, 4.69) is 5.32 Å². The van der Waals surface area contributed by atoms with Crippen molar-refractivity contribution in [1.82, 2.24) is 0 Å². The van der Waals surface area contributed by atoms with Crippen molar-refractivity contribution in [2.45, 2.75) is 0 Å². The molecule has 0 radical (unpaired) electrons. The largest absolute Gasteiger partial charge is 0.493 e. The Morgan fingerprint density at radius 2 is 1.88 bits per heavy atom. The highest BCUT2D eigenvalue weighted by atomic mass is 16.5. The highest BCUT2D eigenvalue weighted by Gasteiger charge is 2.25. The number of rotatable bonds is 4. The zero-order chi connectivity index (χ0) is 17.8. The Labute approximate surface area is 145 Å². The number of anilines is 2. The van der Waals surface area contributed by atoms with E-state index >= 15 is 0 Å². The van der Waals surface area contributed by atoms with Crippen LogP contribution in [0.3, 0.4) is 0 Å². The quantitative estimate of drug-likeness (QED) is 0.871. The number of para-hydroxylation sites is 2. The van der Waals surface area contributed by atoms with Crippen LogP contribution in [0.1, 0.15) is 5.56 Å². The summed E-state index contributed by atoms with van der Waals surface area (Å²) in [6.07, 6.45) is 3.12. The van der Waals surface area contributed by atoms with E-state index in [0.717, 1.165) is 5.56 Å². The molecule has 2 amide bonds. The van der Waals surface area contributed by atoms with E-state index in [4.69, 9.17) is 9.47 Å². The van der Waals surface area contributed by atoms with Gasteiger partial charge in [-0.3, -0.25) is 14.5 Å². The molecule has 2 aromatic carbocycles. The fourth-order valence-corrected chi connectivity index (χ4v) is 2.64. The van der Waals surface area contributed by atoms with Crippen molar-refractivity contribution in [3.63, 3.8) is 0 Å². The number of fused-ring (bicyclic) bond motifs is 1. The number of carbonyl (C=O) groups excluding carboxylic acids is 2. The third kappa shape index (κ3) is 3.47. The first-order valence-corrected chi connectivity index (χ1v) is 7.73. The molecule has 3 rings (SSSR count). The smallest absolute Gasteiger partial charge is 0.251 e. The third-order valence-electron chi connectivity index (χ3n) is 3.86. The van der Waals surface area contributed by atoms with Crippen molar-refractivity contribution < 1.29 is 19.1 Å². The minimum atomic E-state index is -0.267. The lowest BCUT2D eigenvalue weighted by atomic mass is 10.1. The van der Waals surface area contributed by atoms with E-state index < -0.39 is 0 Å². The SMILES string of the molecule is COc1ccc(C=CC(=O)N2CC(=O)Nc3ccccc32)cc1OC. The highest BCUT2D eigenvalue weighted by molar-refractivity contribution is 6.13. The molecule has 2 aromatic rings. The summed E-state index contributed by atoms with van der Waals surface area (Å²) in [5.74, 6) is 0.719. The van der Waals surface area contributed by atoms with Crippen LogP contribution in [0.2, 0.25) is 0 Å². The molecular weight excluding hydrogens is 320 g/mol. The Morgan fingerprint density at radius 1 is 1.12 bits per heavy atom. The molecule has 0 unspecified atom stereocenters. The topological polar surface area (TPSA) is 67.9 Å². The molecule has 0 aromatic heterocycles. The molecule has 0 fully saturated rings. The average Bonchev–Trinajstić information content (AvgIpc) is 2.65. The van der Waals surface area contributed by atoms with Crippen molar-refractivity contribution in [1.29, 1.82) is 0 Å². The molecular formula is C19H18N2O4. The van der Waals surface area contributed by atoms with Crippen LogP contribution in [0, 0.1) is 0 Å². The van der Waals surface area contributed by atoms with Gasteiger partial charge in [-0.2, -0.15) is 0 Å². The predicted molar refractivity (Wildman–Crippen MR) is 96.0 cm³/mol. The summed E-state index contributed by atoms with van der Waals surface area (Å²) in [6.45, 7) is -0.00782. The monoisotopic (exact) mass is 338 g/mol. The molecule has 1 aliphatic rings. The molecule has 6 heteroatoms. The minimum Gasteiger partial charge on any atom is -0.493 e.